The predicted octanol–water partition coefficient (Wildman–Crippen LogP) is 1.64. The van der Waals surface area contributed by atoms with E-state index >= 15 is 0 Å². The lowest BCUT2D eigenvalue weighted by atomic mass is 9.75. The number of aliphatic hydroxyl groups excluding tert-OH is 1. The van der Waals surface area contributed by atoms with E-state index in [1.165, 1.54) is 19.9 Å². The number of rotatable bonds is 4. The molecule has 0 radical (unpaired) electrons. The molecule has 0 aromatic heterocycles. The molecule has 2 aliphatic rings. The minimum atomic E-state index is -1.84. The summed E-state index contributed by atoms with van der Waals surface area (Å²) in [6.07, 6.45) is -4.20. The Hall–Kier alpha value is -2.52. The normalized spacial score (nSPS) is 35.7. The van der Waals surface area contributed by atoms with Crippen molar-refractivity contribution < 1.29 is 43.6 Å². The predicted molar refractivity (Wildman–Crippen MR) is 117 cm³/mol. The third kappa shape index (κ3) is 5.70. The maximum Gasteiger partial charge on any atom is 0.334 e. The van der Waals surface area contributed by atoms with E-state index in [1.54, 1.807) is 27.7 Å². The third-order valence-corrected chi connectivity index (χ3v) is 6.24. The van der Waals surface area contributed by atoms with E-state index in [9.17, 15) is 29.4 Å². The fraction of sp³-hybridized carbons (Fsp3) is 0.667. The maximum atomic E-state index is 13.3. The van der Waals surface area contributed by atoms with Gasteiger partial charge in [0, 0.05) is 23.5 Å². The van der Waals surface area contributed by atoms with Crippen molar-refractivity contribution in [3.8, 4) is 0 Å². The molecule has 1 saturated carbocycles. The molecule has 0 amide bonds. The Kier molecular flexibility index (Phi) is 8.24. The van der Waals surface area contributed by atoms with Gasteiger partial charge in [-0.1, -0.05) is 33.4 Å². The summed E-state index contributed by atoms with van der Waals surface area (Å²) in [6.45, 7) is 13.0. The van der Waals surface area contributed by atoms with Gasteiger partial charge in [-0.15, -0.1) is 0 Å². The summed E-state index contributed by atoms with van der Waals surface area (Å²) in [5, 5.41) is 21.9. The molecule has 1 heterocycles. The van der Waals surface area contributed by atoms with Crippen LogP contribution < -0.4 is 0 Å². The number of hydrogen-bond acceptors (Lipinski definition) is 9. The summed E-state index contributed by atoms with van der Waals surface area (Å²) in [7, 11) is 0. The second-order valence-corrected chi connectivity index (χ2v) is 9.48. The number of ketones is 1. The smallest absolute Gasteiger partial charge is 0.334 e. The minimum absolute atomic E-state index is 0.0298. The standard InChI is InChI=1S/C24H34O9/c1-8-12(4)22(28)33-20-19-16(14(6)23(29)32-19)18(31-21(27)11(2)3)17(26)13(5)9-15(25)10-24(20,7)30/h8,11,13,15-16,18-20,25,30H,6,9-10H2,1-5,7H3. The van der Waals surface area contributed by atoms with Crippen LogP contribution >= 0.6 is 0 Å². The van der Waals surface area contributed by atoms with Crippen molar-refractivity contribution in [2.75, 3.05) is 0 Å². The first kappa shape index (κ1) is 26.7. The Balaban J connectivity index is 2.65. The topological polar surface area (TPSA) is 136 Å². The molecular weight excluding hydrogens is 432 g/mol. The summed E-state index contributed by atoms with van der Waals surface area (Å²) >= 11 is 0. The van der Waals surface area contributed by atoms with Gasteiger partial charge in [0.05, 0.1) is 17.9 Å². The number of fused-ring (bicyclic) bond motifs is 1. The fourth-order valence-corrected chi connectivity index (χ4v) is 4.14. The monoisotopic (exact) mass is 466 g/mol. The highest BCUT2D eigenvalue weighted by Crippen LogP contribution is 2.41. The van der Waals surface area contributed by atoms with E-state index in [1.807, 2.05) is 0 Å². The van der Waals surface area contributed by atoms with Crippen molar-refractivity contribution in [2.24, 2.45) is 17.8 Å². The van der Waals surface area contributed by atoms with Crippen molar-refractivity contribution >= 4 is 23.7 Å². The lowest BCUT2D eigenvalue weighted by Crippen LogP contribution is -2.57. The van der Waals surface area contributed by atoms with Crippen LogP contribution in [0.1, 0.15) is 54.4 Å². The van der Waals surface area contributed by atoms with E-state index in [0.717, 1.165) is 0 Å². The Bertz CT molecular complexity index is 854. The molecule has 0 bridgehead atoms. The fourth-order valence-electron chi connectivity index (χ4n) is 4.14. The summed E-state index contributed by atoms with van der Waals surface area (Å²) in [5.41, 5.74) is -1.72. The van der Waals surface area contributed by atoms with Crippen LogP contribution in [-0.4, -0.2) is 63.9 Å². The van der Waals surface area contributed by atoms with E-state index < -0.39 is 71.5 Å². The van der Waals surface area contributed by atoms with E-state index in [2.05, 4.69) is 6.58 Å². The van der Waals surface area contributed by atoms with Crippen molar-refractivity contribution in [1.29, 1.82) is 0 Å². The van der Waals surface area contributed by atoms with Gasteiger partial charge in [-0.05, 0) is 27.2 Å². The van der Waals surface area contributed by atoms with Gasteiger partial charge in [-0.3, -0.25) is 9.59 Å². The molecule has 9 heteroatoms. The van der Waals surface area contributed by atoms with Crippen LogP contribution in [0.15, 0.2) is 23.8 Å². The van der Waals surface area contributed by atoms with Crippen molar-refractivity contribution in [1.82, 2.24) is 0 Å². The zero-order chi connectivity index (χ0) is 25.2. The Labute approximate surface area is 193 Å². The van der Waals surface area contributed by atoms with Crippen LogP contribution in [0.5, 0.6) is 0 Å². The SMILES string of the molecule is C=C1C(=O)OC2C1C(OC(=O)C(C)C)C(=O)C(C)CC(O)CC(C)(O)C2OC(=O)C(C)=CC. The molecule has 1 aliphatic heterocycles. The Morgan fingerprint density at radius 2 is 1.88 bits per heavy atom. The van der Waals surface area contributed by atoms with Crippen molar-refractivity contribution in [2.45, 2.75) is 84.4 Å². The second kappa shape index (κ2) is 10.2. The largest absolute Gasteiger partial charge is 0.454 e. The molecule has 2 N–H and O–H groups in total. The van der Waals surface area contributed by atoms with E-state index in [-0.39, 0.29) is 24.0 Å². The van der Waals surface area contributed by atoms with Gasteiger partial charge < -0.3 is 24.4 Å². The molecule has 0 spiro atoms. The van der Waals surface area contributed by atoms with Crippen molar-refractivity contribution in [3.63, 3.8) is 0 Å². The zero-order valence-electron chi connectivity index (χ0n) is 20.0. The first-order valence-corrected chi connectivity index (χ1v) is 11.1. The highest BCUT2D eigenvalue weighted by Gasteiger charge is 2.57. The number of Topliss-reactive ketones (excluding diaryl/α,β-unsaturated/α-hetero) is 1. The van der Waals surface area contributed by atoms with Crippen LogP contribution in [0.25, 0.3) is 0 Å². The van der Waals surface area contributed by atoms with Gasteiger partial charge >= 0.3 is 17.9 Å². The molecule has 0 aromatic carbocycles. The van der Waals surface area contributed by atoms with E-state index in [4.69, 9.17) is 14.2 Å². The summed E-state index contributed by atoms with van der Waals surface area (Å²) in [4.78, 5) is 50.9. The quantitative estimate of drug-likeness (QED) is 0.360. The molecule has 2 fully saturated rings. The highest BCUT2D eigenvalue weighted by molar-refractivity contribution is 5.95. The number of carbonyl (C=O) groups is 4. The molecule has 1 saturated heterocycles. The first-order valence-electron chi connectivity index (χ1n) is 11.1. The maximum absolute atomic E-state index is 13.3. The summed E-state index contributed by atoms with van der Waals surface area (Å²) < 4.78 is 16.5. The van der Waals surface area contributed by atoms with Crippen molar-refractivity contribution in [3.05, 3.63) is 23.8 Å². The summed E-state index contributed by atoms with van der Waals surface area (Å²) in [6, 6.07) is 0. The molecule has 1 aliphatic carbocycles. The Morgan fingerprint density at radius 3 is 2.42 bits per heavy atom. The molecule has 7 atom stereocenters. The molecule has 2 rings (SSSR count). The number of esters is 3. The van der Waals surface area contributed by atoms with Gasteiger partial charge in [0.1, 0.15) is 5.60 Å². The average Bonchev–Trinajstić information content (AvgIpc) is 3.01. The average molecular weight is 467 g/mol. The molecule has 7 unspecified atom stereocenters. The molecule has 0 aromatic rings. The number of aliphatic hydroxyl groups is 2. The van der Waals surface area contributed by atoms with Crippen LogP contribution in [-0.2, 0) is 33.4 Å². The van der Waals surface area contributed by atoms with Gasteiger partial charge in [0.15, 0.2) is 24.1 Å². The number of carbonyl (C=O) groups excluding carboxylic acids is 4. The number of hydrogen-bond donors (Lipinski definition) is 2. The molecule has 9 nitrogen and oxygen atoms in total. The van der Waals surface area contributed by atoms with Gasteiger partial charge in [-0.25, -0.2) is 9.59 Å². The lowest BCUT2D eigenvalue weighted by molar-refractivity contribution is -0.195. The number of ether oxygens (including phenoxy) is 3. The third-order valence-electron chi connectivity index (χ3n) is 6.24. The lowest BCUT2D eigenvalue weighted by Gasteiger charge is -2.41. The van der Waals surface area contributed by atoms with Crippen LogP contribution in [0.3, 0.4) is 0 Å². The second-order valence-electron chi connectivity index (χ2n) is 9.48. The van der Waals surface area contributed by atoms with Gasteiger partial charge in [0.25, 0.3) is 0 Å². The van der Waals surface area contributed by atoms with Crippen LogP contribution in [0.4, 0.5) is 0 Å². The minimum Gasteiger partial charge on any atom is -0.454 e. The van der Waals surface area contributed by atoms with Gasteiger partial charge in [0.2, 0.25) is 0 Å². The van der Waals surface area contributed by atoms with Crippen LogP contribution in [0, 0.1) is 17.8 Å². The highest BCUT2D eigenvalue weighted by atomic mass is 16.6. The van der Waals surface area contributed by atoms with Crippen LogP contribution in [0.2, 0.25) is 0 Å². The molecule has 184 valence electrons. The number of allylic oxidation sites excluding steroid dienone is 1. The molecular formula is C24H34O9. The molecule has 33 heavy (non-hydrogen) atoms. The zero-order valence-corrected chi connectivity index (χ0v) is 20.0. The van der Waals surface area contributed by atoms with Gasteiger partial charge in [-0.2, -0.15) is 0 Å². The summed E-state index contributed by atoms with van der Waals surface area (Å²) in [5.74, 6) is -5.31. The van der Waals surface area contributed by atoms with E-state index in [0.29, 0.717) is 0 Å². The first-order chi connectivity index (χ1) is 15.2. The Morgan fingerprint density at radius 1 is 1.27 bits per heavy atom.